The average Bonchev–Trinajstić information content (AvgIpc) is 2.80. The van der Waals surface area contributed by atoms with Crippen molar-refractivity contribution in [2.24, 2.45) is 16.7 Å². The van der Waals surface area contributed by atoms with Crippen LogP contribution in [0.4, 0.5) is 0 Å². The van der Waals surface area contributed by atoms with Gasteiger partial charge >= 0.3 is 0 Å². The minimum Gasteiger partial charge on any atom is -0.341 e. The van der Waals surface area contributed by atoms with Gasteiger partial charge in [-0.25, -0.2) is 0 Å². The molecule has 0 aromatic carbocycles. The van der Waals surface area contributed by atoms with Crippen LogP contribution in [0.3, 0.4) is 0 Å². The lowest BCUT2D eigenvalue weighted by molar-refractivity contribution is -0.134. The molecule has 1 amide bonds. The average molecular weight is 292 g/mol. The second-order valence-corrected chi connectivity index (χ2v) is 8.44. The van der Waals surface area contributed by atoms with Crippen LogP contribution in [-0.4, -0.2) is 36.0 Å². The number of rotatable bonds is 3. The third-order valence-corrected chi connectivity index (χ3v) is 7.28. The van der Waals surface area contributed by atoms with Gasteiger partial charge in [0.05, 0.1) is 6.04 Å². The number of piperidine rings is 1. The summed E-state index contributed by atoms with van der Waals surface area (Å²) in [5.41, 5.74) is 0.770. The number of hydrogen-bond acceptors (Lipinski definition) is 2. The minimum atomic E-state index is -0.0277. The maximum Gasteiger partial charge on any atom is 0.239 e. The molecule has 1 saturated heterocycles. The molecule has 3 heteroatoms. The highest BCUT2D eigenvalue weighted by Gasteiger charge is 2.61. The summed E-state index contributed by atoms with van der Waals surface area (Å²) in [5.74, 6) is 1.15. The summed E-state index contributed by atoms with van der Waals surface area (Å²) in [6.45, 7) is 11.3. The first-order valence-corrected chi connectivity index (χ1v) is 8.91. The van der Waals surface area contributed by atoms with Crippen LogP contribution in [0.5, 0.6) is 0 Å². The number of nitrogens with one attached hydrogen (secondary N) is 1. The number of fused-ring (bicyclic) bond motifs is 2. The molecule has 0 radical (unpaired) electrons. The maximum absolute atomic E-state index is 12.6. The molecule has 2 aliphatic carbocycles. The Bertz CT molecular complexity index is 413. The lowest BCUT2D eigenvalue weighted by atomic mass is 9.69. The SMILES string of the molecule is CC(NC1CC2CCC1(C)C2(C)C)C(=O)N1CCCCC1. The number of hydrogen-bond donors (Lipinski definition) is 1. The van der Waals surface area contributed by atoms with Crippen LogP contribution in [0.2, 0.25) is 0 Å². The van der Waals surface area contributed by atoms with Gasteiger partial charge in [0.1, 0.15) is 0 Å². The maximum atomic E-state index is 12.6. The lowest BCUT2D eigenvalue weighted by Crippen LogP contribution is -2.53. The van der Waals surface area contributed by atoms with E-state index in [4.69, 9.17) is 0 Å². The fourth-order valence-electron chi connectivity index (χ4n) is 5.22. The van der Waals surface area contributed by atoms with Crippen LogP contribution < -0.4 is 5.32 Å². The van der Waals surface area contributed by atoms with Gasteiger partial charge in [0.2, 0.25) is 5.91 Å². The van der Waals surface area contributed by atoms with Crippen molar-refractivity contribution in [3.05, 3.63) is 0 Å². The van der Waals surface area contributed by atoms with Crippen LogP contribution in [0.15, 0.2) is 0 Å². The first kappa shape index (κ1) is 15.3. The monoisotopic (exact) mass is 292 g/mol. The molecule has 3 nitrogen and oxygen atoms in total. The summed E-state index contributed by atoms with van der Waals surface area (Å²) < 4.78 is 0. The second-order valence-electron chi connectivity index (χ2n) is 8.44. The van der Waals surface area contributed by atoms with Crippen LogP contribution in [-0.2, 0) is 4.79 Å². The first-order valence-electron chi connectivity index (χ1n) is 8.91. The van der Waals surface area contributed by atoms with Crippen LogP contribution in [0, 0.1) is 16.7 Å². The zero-order valence-electron chi connectivity index (χ0n) is 14.2. The number of nitrogens with zero attached hydrogens (tertiary/aromatic N) is 1. The Morgan fingerprint density at radius 1 is 1.19 bits per heavy atom. The van der Waals surface area contributed by atoms with E-state index in [1.54, 1.807) is 0 Å². The molecule has 1 aliphatic heterocycles. The van der Waals surface area contributed by atoms with E-state index in [-0.39, 0.29) is 6.04 Å². The predicted molar refractivity (Wildman–Crippen MR) is 86.0 cm³/mol. The normalized spacial score (nSPS) is 39.5. The van der Waals surface area contributed by atoms with Crippen LogP contribution in [0.1, 0.15) is 66.2 Å². The largest absolute Gasteiger partial charge is 0.341 e. The molecule has 3 rings (SSSR count). The van der Waals surface area contributed by atoms with Gasteiger partial charge in [-0.1, -0.05) is 20.8 Å². The van der Waals surface area contributed by atoms with Crippen LogP contribution in [0.25, 0.3) is 0 Å². The van der Waals surface area contributed by atoms with E-state index in [0.29, 0.717) is 22.8 Å². The Kier molecular flexibility index (Phi) is 3.84. The van der Waals surface area contributed by atoms with Crippen molar-refractivity contribution in [3.63, 3.8) is 0 Å². The van der Waals surface area contributed by atoms with Crippen LogP contribution >= 0.6 is 0 Å². The van der Waals surface area contributed by atoms with Gasteiger partial charge in [0.15, 0.2) is 0 Å². The molecule has 3 aliphatic rings. The molecule has 2 bridgehead atoms. The highest BCUT2D eigenvalue weighted by Crippen LogP contribution is 2.65. The molecule has 1 N–H and O–H groups in total. The third kappa shape index (κ3) is 2.32. The zero-order chi connectivity index (χ0) is 15.3. The molecule has 21 heavy (non-hydrogen) atoms. The molecule has 0 aromatic rings. The van der Waals surface area contributed by atoms with Gasteiger partial charge in [-0.05, 0) is 62.2 Å². The van der Waals surface area contributed by atoms with Gasteiger partial charge in [0.25, 0.3) is 0 Å². The Morgan fingerprint density at radius 2 is 1.86 bits per heavy atom. The van der Waals surface area contributed by atoms with Crippen molar-refractivity contribution in [2.45, 2.75) is 78.3 Å². The predicted octanol–water partition coefficient (Wildman–Crippen LogP) is 3.19. The van der Waals surface area contributed by atoms with Crippen molar-refractivity contribution >= 4 is 5.91 Å². The summed E-state index contributed by atoms with van der Waals surface area (Å²) in [5, 5.41) is 3.71. The van der Waals surface area contributed by atoms with E-state index in [9.17, 15) is 4.79 Å². The fraction of sp³-hybridized carbons (Fsp3) is 0.944. The zero-order valence-corrected chi connectivity index (χ0v) is 14.2. The molecule has 2 saturated carbocycles. The van der Waals surface area contributed by atoms with E-state index in [1.807, 2.05) is 0 Å². The van der Waals surface area contributed by atoms with Crippen molar-refractivity contribution in [1.29, 1.82) is 0 Å². The number of carbonyl (C=O) groups is 1. The van der Waals surface area contributed by atoms with E-state index >= 15 is 0 Å². The first-order chi connectivity index (χ1) is 9.86. The smallest absolute Gasteiger partial charge is 0.239 e. The minimum absolute atomic E-state index is 0.0277. The summed E-state index contributed by atoms with van der Waals surface area (Å²) in [6.07, 6.45) is 7.57. The molecule has 0 spiro atoms. The highest BCUT2D eigenvalue weighted by molar-refractivity contribution is 5.81. The quantitative estimate of drug-likeness (QED) is 0.866. The Morgan fingerprint density at radius 3 is 2.38 bits per heavy atom. The van der Waals surface area contributed by atoms with Crippen molar-refractivity contribution < 1.29 is 4.79 Å². The standard InChI is InChI=1S/C18H32N2O/c1-13(16(21)20-10-6-5-7-11-20)19-15-12-14-8-9-18(15,4)17(14,2)3/h13-15,19H,5-12H2,1-4H3. The molecule has 4 unspecified atom stereocenters. The summed E-state index contributed by atoms with van der Waals surface area (Å²) in [6, 6.07) is 0.482. The van der Waals surface area contributed by atoms with E-state index in [0.717, 1.165) is 19.0 Å². The molecule has 4 atom stereocenters. The van der Waals surface area contributed by atoms with Crippen molar-refractivity contribution in [2.75, 3.05) is 13.1 Å². The number of carbonyl (C=O) groups excluding carboxylic acids is 1. The Hall–Kier alpha value is -0.570. The van der Waals surface area contributed by atoms with Crippen molar-refractivity contribution in [3.8, 4) is 0 Å². The third-order valence-electron chi connectivity index (χ3n) is 7.28. The van der Waals surface area contributed by atoms with Gasteiger partial charge in [0, 0.05) is 19.1 Å². The molecule has 0 aromatic heterocycles. The van der Waals surface area contributed by atoms with Gasteiger partial charge in [-0.3, -0.25) is 4.79 Å². The molecular weight excluding hydrogens is 260 g/mol. The van der Waals surface area contributed by atoms with E-state index in [2.05, 4.69) is 37.9 Å². The Balaban J connectivity index is 1.63. The number of amides is 1. The summed E-state index contributed by atoms with van der Waals surface area (Å²) in [4.78, 5) is 14.7. The number of likely N-dealkylation sites (tertiary alicyclic amines) is 1. The van der Waals surface area contributed by atoms with Gasteiger partial charge in [-0.15, -0.1) is 0 Å². The van der Waals surface area contributed by atoms with E-state index < -0.39 is 0 Å². The second kappa shape index (κ2) is 5.26. The summed E-state index contributed by atoms with van der Waals surface area (Å²) in [7, 11) is 0. The molecular formula is C18H32N2O. The topological polar surface area (TPSA) is 32.3 Å². The summed E-state index contributed by atoms with van der Waals surface area (Å²) >= 11 is 0. The molecule has 3 fully saturated rings. The highest BCUT2D eigenvalue weighted by atomic mass is 16.2. The fourth-order valence-corrected chi connectivity index (χ4v) is 5.22. The Labute approximate surface area is 129 Å². The molecule has 120 valence electrons. The lowest BCUT2D eigenvalue weighted by Gasteiger charge is -2.41. The van der Waals surface area contributed by atoms with Gasteiger partial charge in [-0.2, -0.15) is 0 Å². The van der Waals surface area contributed by atoms with Crippen molar-refractivity contribution in [1.82, 2.24) is 10.2 Å². The van der Waals surface area contributed by atoms with Gasteiger partial charge < -0.3 is 10.2 Å². The molecule has 1 heterocycles. The van der Waals surface area contributed by atoms with E-state index in [1.165, 1.54) is 38.5 Å².